The minimum absolute atomic E-state index is 0.147. The highest BCUT2D eigenvalue weighted by molar-refractivity contribution is 7.15. The van der Waals surface area contributed by atoms with Gasteiger partial charge in [-0.05, 0) is 43.4 Å². The third-order valence-electron chi connectivity index (χ3n) is 4.44. The predicted octanol–water partition coefficient (Wildman–Crippen LogP) is 3.70. The quantitative estimate of drug-likeness (QED) is 0.796. The Bertz CT molecular complexity index is 757. The predicted molar refractivity (Wildman–Crippen MR) is 91.5 cm³/mol. The second-order valence-electron chi connectivity index (χ2n) is 6.16. The molecule has 2 atom stereocenters. The summed E-state index contributed by atoms with van der Waals surface area (Å²) < 4.78 is 13.2. The van der Waals surface area contributed by atoms with Crippen LogP contribution in [0.25, 0.3) is 10.4 Å². The van der Waals surface area contributed by atoms with Gasteiger partial charge in [0, 0.05) is 6.54 Å². The maximum absolute atomic E-state index is 13.2. The first-order valence-electron chi connectivity index (χ1n) is 8.01. The average Bonchev–Trinajstić information content (AvgIpc) is 2.96. The molecule has 24 heavy (non-hydrogen) atoms. The molecule has 1 saturated heterocycles. The van der Waals surface area contributed by atoms with Crippen LogP contribution in [0.2, 0.25) is 0 Å². The van der Waals surface area contributed by atoms with Gasteiger partial charge in [0.25, 0.3) is 5.91 Å². The van der Waals surface area contributed by atoms with Crippen LogP contribution in [0.4, 0.5) is 4.39 Å². The maximum atomic E-state index is 13.2. The van der Waals surface area contributed by atoms with Crippen molar-refractivity contribution in [3.8, 4) is 10.4 Å². The number of nitrogens with zero attached hydrogens (tertiary/aromatic N) is 2. The Morgan fingerprint density at radius 3 is 2.75 bits per heavy atom. The first kappa shape index (κ1) is 16.8. The van der Waals surface area contributed by atoms with Crippen LogP contribution >= 0.6 is 11.3 Å². The number of hydrogen-bond acceptors (Lipinski definition) is 4. The van der Waals surface area contributed by atoms with Gasteiger partial charge in [-0.25, -0.2) is 9.37 Å². The normalized spacial score (nSPS) is 20.9. The number of halogens is 1. The van der Waals surface area contributed by atoms with Crippen molar-refractivity contribution in [2.75, 3.05) is 6.54 Å². The smallest absolute Gasteiger partial charge is 0.274 e. The van der Waals surface area contributed by atoms with Crippen LogP contribution in [0.1, 0.15) is 35.3 Å². The van der Waals surface area contributed by atoms with Crippen molar-refractivity contribution in [1.29, 1.82) is 0 Å². The van der Waals surface area contributed by atoms with Crippen LogP contribution in [-0.2, 0) is 4.79 Å². The lowest BCUT2D eigenvalue weighted by molar-refractivity contribution is -0.114. The van der Waals surface area contributed by atoms with E-state index >= 15 is 0 Å². The van der Waals surface area contributed by atoms with Gasteiger partial charge in [-0.15, -0.1) is 11.3 Å². The van der Waals surface area contributed by atoms with Crippen molar-refractivity contribution >= 4 is 23.5 Å². The molecule has 126 valence electrons. The van der Waals surface area contributed by atoms with E-state index in [2.05, 4.69) is 4.98 Å². The molecule has 1 aliphatic heterocycles. The fourth-order valence-corrected chi connectivity index (χ4v) is 4.08. The molecular formula is C18H19FN2O2S. The van der Waals surface area contributed by atoms with E-state index < -0.39 is 6.04 Å². The summed E-state index contributed by atoms with van der Waals surface area (Å²) in [7, 11) is 0. The van der Waals surface area contributed by atoms with E-state index in [1.54, 1.807) is 17.0 Å². The van der Waals surface area contributed by atoms with E-state index in [0.29, 0.717) is 12.2 Å². The zero-order valence-electron chi connectivity index (χ0n) is 13.7. The summed E-state index contributed by atoms with van der Waals surface area (Å²) >= 11 is 1.41. The fourth-order valence-electron chi connectivity index (χ4n) is 3.16. The molecule has 6 heteroatoms. The van der Waals surface area contributed by atoms with Gasteiger partial charge in [0.05, 0.1) is 15.9 Å². The summed E-state index contributed by atoms with van der Waals surface area (Å²) in [5.74, 6) is -0.393. The van der Waals surface area contributed by atoms with Crippen LogP contribution < -0.4 is 0 Å². The number of aromatic nitrogens is 1. The van der Waals surface area contributed by atoms with E-state index in [-0.39, 0.29) is 17.6 Å². The monoisotopic (exact) mass is 346 g/mol. The Labute approximate surface area is 144 Å². The summed E-state index contributed by atoms with van der Waals surface area (Å²) in [6.07, 6.45) is 2.68. The topological polar surface area (TPSA) is 50.3 Å². The van der Waals surface area contributed by atoms with E-state index in [1.807, 2.05) is 13.8 Å². The Kier molecular flexibility index (Phi) is 4.76. The van der Waals surface area contributed by atoms with Gasteiger partial charge in [-0.2, -0.15) is 0 Å². The molecule has 0 bridgehead atoms. The van der Waals surface area contributed by atoms with Crippen LogP contribution in [0.3, 0.4) is 0 Å². The Hall–Kier alpha value is -2.08. The van der Waals surface area contributed by atoms with Crippen LogP contribution in [0.15, 0.2) is 24.3 Å². The van der Waals surface area contributed by atoms with Gasteiger partial charge in [0.15, 0.2) is 0 Å². The molecule has 1 aliphatic rings. The van der Waals surface area contributed by atoms with Crippen molar-refractivity contribution < 1.29 is 14.0 Å². The first-order chi connectivity index (χ1) is 11.5. The number of carbonyl (C=O) groups is 2. The third kappa shape index (κ3) is 3.11. The van der Waals surface area contributed by atoms with Crippen LogP contribution in [0, 0.1) is 18.7 Å². The van der Waals surface area contributed by atoms with Gasteiger partial charge in [-0.3, -0.25) is 4.79 Å². The summed E-state index contributed by atoms with van der Waals surface area (Å²) in [6.45, 7) is 4.39. The van der Waals surface area contributed by atoms with Crippen molar-refractivity contribution in [2.24, 2.45) is 5.92 Å². The van der Waals surface area contributed by atoms with Gasteiger partial charge >= 0.3 is 0 Å². The van der Waals surface area contributed by atoms with Gasteiger partial charge in [-0.1, -0.05) is 19.1 Å². The average molecular weight is 346 g/mol. The number of piperidine rings is 1. The molecule has 0 unspecified atom stereocenters. The molecule has 0 saturated carbocycles. The molecule has 1 fully saturated rings. The minimum atomic E-state index is -0.408. The minimum Gasteiger partial charge on any atom is -0.327 e. The molecule has 3 rings (SSSR count). The molecule has 2 aromatic rings. The molecule has 4 nitrogen and oxygen atoms in total. The molecule has 1 aromatic heterocycles. The number of aldehydes is 1. The molecular weight excluding hydrogens is 327 g/mol. The Morgan fingerprint density at radius 2 is 2.08 bits per heavy atom. The lowest BCUT2D eigenvalue weighted by Gasteiger charge is -2.36. The standard InChI is InChI=1S/C18H19FN2O2S/c1-11-4-3-9-21(15(11)10-22)18(23)16-17(24-12(2)20-16)13-5-7-14(19)8-6-13/h5-8,10-11,15H,3-4,9H2,1-2H3/t11-,15-/m1/s1. The van der Waals surface area contributed by atoms with Crippen molar-refractivity contribution in [3.05, 3.63) is 40.8 Å². The first-order valence-corrected chi connectivity index (χ1v) is 8.82. The highest BCUT2D eigenvalue weighted by Gasteiger charge is 2.34. The Morgan fingerprint density at radius 1 is 1.38 bits per heavy atom. The number of benzene rings is 1. The fraction of sp³-hybridized carbons (Fsp3) is 0.389. The highest BCUT2D eigenvalue weighted by atomic mass is 32.1. The van der Waals surface area contributed by atoms with Crippen molar-refractivity contribution in [1.82, 2.24) is 9.88 Å². The van der Waals surface area contributed by atoms with Gasteiger partial charge in [0.2, 0.25) is 0 Å². The number of likely N-dealkylation sites (tertiary alicyclic amines) is 1. The maximum Gasteiger partial charge on any atom is 0.274 e. The molecule has 0 aliphatic carbocycles. The Balaban J connectivity index is 1.98. The van der Waals surface area contributed by atoms with Crippen LogP contribution in [0.5, 0.6) is 0 Å². The zero-order chi connectivity index (χ0) is 17.3. The van der Waals surface area contributed by atoms with E-state index in [0.717, 1.165) is 34.6 Å². The largest absolute Gasteiger partial charge is 0.327 e. The van der Waals surface area contributed by atoms with Gasteiger partial charge < -0.3 is 9.69 Å². The number of carbonyl (C=O) groups excluding carboxylic acids is 2. The van der Waals surface area contributed by atoms with E-state index in [4.69, 9.17) is 0 Å². The highest BCUT2D eigenvalue weighted by Crippen LogP contribution is 2.33. The molecule has 1 aromatic carbocycles. The second kappa shape index (κ2) is 6.81. The molecule has 0 N–H and O–H groups in total. The van der Waals surface area contributed by atoms with Crippen molar-refractivity contribution in [2.45, 2.75) is 32.7 Å². The van der Waals surface area contributed by atoms with Crippen LogP contribution in [-0.4, -0.2) is 34.7 Å². The zero-order valence-corrected chi connectivity index (χ0v) is 14.5. The van der Waals surface area contributed by atoms with Crippen molar-refractivity contribution in [3.63, 3.8) is 0 Å². The second-order valence-corrected chi connectivity index (χ2v) is 7.37. The lowest BCUT2D eigenvalue weighted by atomic mass is 9.91. The molecule has 2 heterocycles. The lowest BCUT2D eigenvalue weighted by Crippen LogP contribution is -2.48. The summed E-state index contributed by atoms with van der Waals surface area (Å²) in [5, 5.41) is 0.769. The number of hydrogen-bond donors (Lipinski definition) is 0. The SMILES string of the molecule is Cc1nc(C(=O)N2CCC[C@@H](C)[C@H]2C=O)c(-c2ccc(F)cc2)s1. The molecule has 0 radical (unpaired) electrons. The number of rotatable bonds is 3. The van der Waals surface area contributed by atoms with E-state index in [1.165, 1.54) is 23.5 Å². The molecule has 0 spiro atoms. The summed E-state index contributed by atoms with van der Waals surface area (Å²) in [4.78, 5) is 31.2. The van der Waals surface area contributed by atoms with E-state index in [9.17, 15) is 14.0 Å². The summed E-state index contributed by atoms with van der Waals surface area (Å²) in [6, 6.07) is 5.63. The summed E-state index contributed by atoms with van der Waals surface area (Å²) in [5.41, 5.74) is 1.11. The third-order valence-corrected chi connectivity index (χ3v) is 5.46. The number of amides is 1. The number of aryl methyl sites for hydroxylation is 1. The molecule has 1 amide bonds. The van der Waals surface area contributed by atoms with Gasteiger partial charge in [0.1, 0.15) is 17.8 Å². The number of thiazole rings is 1.